The molecule has 32 heavy (non-hydrogen) atoms. The summed E-state index contributed by atoms with van der Waals surface area (Å²) in [6.07, 6.45) is -0.140. The standard InChI is InChI=1S/C21H23F2N3O5S/c22-16-4-2-15(3-5-16)10-11-24-20(27)21(28)25-14-19-26(12-1-13-31-19)32(29,30)18-8-6-17(23)7-9-18/h2-9,19H,1,10-14H2,(H,24,27)(H,25,28). The van der Waals surface area contributed by atoms with E-state index in [4.69, 9.17) is 4.74 Å². The first-order chi connectivity index (χ1) is 15.3. The molecule has 0 radical (unpaired) electrons. The number of sulfonamides is 1. The third-order valence-corrected chi connectivity index (χ3v) is 6.73. The van der Waals surface area contributed by atoms with Crippen LogP contribution in [-0.4, -0.2) is 57.0 Å². The van der Waals surface area contributed by atoms with E-state index in [-0.39, 0.29) is 30.3 Å². The molecule has 11 heteroatoms. The Kier molecular flexibility index (Phi) is 7.89. The lowest BCUT2D eigenvalue weighted by Gasteiger charge is -2.34. The van der Waals surface area contributed by atoms with Crippen LogP contribution >= 0.6 is 0 Å². The highest BCUT2D eigenvalue weighted by Crippen LogP contribution is 2.22. The zero-order valence-electron chi connectivity index (χ0n) is 17.1. The van der Waals surface area contributed by atoms with Crippen LogP contribution in [-0.2, 0) is 30.8 Å². The number of benzene rings is 2. The maximum Gasteiger partial charge on any atom is 0.309 e. The second-order valence-corrected chi connectivity index (χ2v) is 8.98. The lowest BCUT2D eigenvalue weighted by atomic mass is 10.1. The Morgan fingerprint density at radius 1 is 0.969 bits per heavy atom. The molecule has 2 amide bonds. The second-order valence-electron chi connectivity index (χ2n) is 7.09. The normalized spacial score (nSPS) is 17.0. The Labute approximate surface area is 184 Å². The van der Waals surface area contributed by atoms with Gasteiger partial charge in [0.25, 0.3) is 0 Å². The molecule has 1 heterocycles. The van der Waals surface area contributed by atoms with E-state index in [0.29, 0.717) is 19.4 Å². The first-order valence-corrected chi connectivity index (χ1v) is 11.4. The lowest BCUT2D eigenvalue weighted by Crippen LogP contribution is -2.53. The molecule has 1 saturated heterocycles. The largest absolute Gasteiger partial charge is 0.360 e. The molecular weight excluding hydrogens is 444 g/mol. The minimum absolute atomic E-state index is 0.0979. The number of hydrogen-bond donors (Lipinski definition) is 2. The van der Waals surface area contributed by atoms with Crippen molar-refractivity contribution in [3.63, 3.8) is 0 Å². The molecule has 3 rings (SSSR count). The second kappa shape index (κ2) is 10.6. The third kappa shape index (κ3) is 6.09. The summed E-state index contributed by atoms with van der Waals surface area (Å²) >= 11 is 0. The van der Waals surface area contributed by atoms with Crippen LogP contribution < -0.4 is 10.6 Å². The molecule has 0 aromatic heterocycles. The molecule has 1 aliphatic heterocycles. The number of rotatable bonds is 7. The molecule has 2 aromatic carbocycles. The van der Waals surface area contributed by atoms with Gasteiger partial charge in [0.2, 0.25) is 10.0 Å². The fourth-order valence-corrected chi connectivity index (χ4v) is 4.72. The molecular formula is C21H23F2N3O5S. The summed E-state index contributed by atoms with van der Waals surface area (Å²) in [5.74, 6) is -2.74. The van der Waals surface area contributed by atoms with Crippen molar-refractivity contribution < 1.29 is 31.5 Å². The van der Waals surface area contributed by atoms with E-state index in [2.05, 4.69) is 10.6 Å². The van der Waals surface area contributed by atoms with Crippen molar-refractivity contribution in [1.29, 1.82) is 0 Å². The van der Waals surface area contributed by atoms with Gasteiger partial charge in [0.15, 0.2) is 0 Å². The minimum Gasteiger partial charge on any atom is -0.360 e. The molecule has 8 nitrogen and oxygen atoms in total. The number of amides is 2. The zero-order chi connectivity index (χ0) is 23.1. The van der Waals surface area contributed by atoms with Crippen LogP contribution in [0.15, 0.2) is 53.4 Å². The van der Waals surface area contributed by atoms with Crippen molar-refractivity contribution in [3.8, 4) is 0 Å². The molecule has 1 aliphatic rings. The smallest absolute Gasteiger partial charge is 0.309 e. The van der Waals surface area contributed by atoms with E-state index < -0.39 is 33.9 Å². The van der Waals surface area contributed by atoms with Crippen LogP contribution in [0.25, 0.3) is 0 Å². The first kappa shape index (κ1) is 23.8. The van der Waals surface area contributed by atoms with Gasteiger partial charge in [-0.15, -0.1) is 0 Å². The molecule has 0 spiro atoms. The highest BCUT2D eigenvalue weighted by molar-refractivity contribution is 7.89. The van der Waals surface area contributed by atoms with Crippen molar-refractivity contribution in [1.82, 2.24) is 14.9 Å². The molecule has 2 aromatic rings. The lowest BCUT2D eigenvalue weighted by molar-refractivity contribution is -0.140. The van der Waals surface area contributed by atoms with Crippen LogP contribution in [0.1, 0.15) is 12.0 Å². The summed E-state index contributed by atoms with van der Waals surface area (Å²) < 4.78 is 58.4. The summed E-state index contributed by atoms with van der Waals surface area (Å²) in [5.41, 5.74) is 0.796. The minimum atomic E-state index is -3.98. The van der Waals surface area contributed by atoms with Crippen molar-refractivity contribution in [2.75, 3.05) is 26.2 Å². The van der Waals surface area contributed by atoms with Crippen LogP contribution in [0, 0.1) is 11.6 Å². The SMILES string of the molecule is O=C(NCCc1ccc(F)cc1)C(=O)NCC1OCCCN1S(=O)(=O)c1ccc(F)cc1. The van der Waals surface area contributed by atoms with Crippen molar-refractivity contribution in [2.24, 2.45) is 0 Å². The van der Waals surface area contributed by atoms with Gasteiger partial charge in [0.1, 0.15) is 17.9 Å². The monoisotopic (exact) mass is 467 g/mol. The molecule has 2 N–H and O–H groups in total. The summed E-state index contributed by atoms with van der Waals surface area (Å²) in [5, 5.41) is 4.83. The Balaban J connectivity index is 1.53. The van der Waals surface area contributed by atoms with Crippen LogP contribution in [0.3, 0.4) is 0 Å². The molecule has 1 fully saturated rings. The van der Waals surface area contributed by atoms with E-state index in [1.807, 2.05) is 0 Å². The molecule has 1 unspecified atom stereocenters. The van der Waals surface area contributed by atoms with E-state index >= 15 is 0 Å². The highest BCUT2D eigenvalue weighted by Gasteiger charge is 2.34. The Hall–Kier alpha value is -2.89. The number of ether oxygens (including phenoxy) is 1. The molecule has 172 valence electrons. The number of carbonyl (C=O) groups excluding carboxylic acids is 2. The van der Waals surface area contributed by atoms with Crippen LogP contribution in [0.5, 0.6) is 0 Å². The number of nitrogens with one attached hydrogen (secondary N) is 2. The summed E-state index contributed by atoms with van der Waals surface area (Å²) in [6.45, 7) is 0.386. The van der Waals surface area contributed by atoms with Gasteiger partial charge in [0, 0.05) is 13.1 Å². The van der Waals surface area contributed by atoms with Crippen molar-refractivity contribution in [2.45, 2.75) is 24.0 Å². The fourth-order valence-electron chi connectivity index (χ4n) is 3.16. The van der Waals surface area contributed by atoms with Crippen LogP contribution in [0.2, 0.25) is 0 Å². The van der Waals surface area contributed by atoms with Gasteiger partial charge < -0.3 is 15.4 Å². The van der Waals surface area contributed by atoms with Gasteiger partial charge in [-0.25, -0.2) is 17.2 Å². The van der Waals surface area contributed by atoms with Gasteiger partial charge in [0.05, 0.1) is 18.0 Å². The van der Waals surface area contributed by atoms with Gasteiger partial charge >= 0.3 is 11.8 Å². The van der Waals surface area contributed by atoms with Crippen LogP contribution in [0.4, 0.5) is 8.78 Å². The zero-order valence-corrected chi connectivity index (χ0v) is 17.9. The predicted molar refractivity (Wildman–Crippen MR) is 111 cm³/mol. The Morgan fingerprint density at radius 3 is 2.22 bits per heavy atom. The maximum absolute atomic E-state index is 13.1. The van der Waals surface area contributed by atoms with Gasteiger partial charge in [-0.1, -0.05) is 12.1 Å². The Bertz CT molecular complexity index is 1050. The summed E-state index contributed by atoms with van der Waals surface area (Å²) in [6, 6.07) is 10.2. The van der Waals surface area contributed by atoms with E-state index in [1.54, 1.807) is 12.1 Å². The summed E-state index contributed by atoms with van der Waals surface area (Å²) in [4.78, 5) is 24.0. The van der Waals surface area contributed by atoms with Crippen molar-refractivity contribution in [3.05, 3.63) is 65.7 Å². The van der Waals surface area contributed by atoms with E-state index in [0.717, 1.165) is 34.1 Å². The third-order valence-electron chi connectivity index (χ3n) is 4.83. The molecule has 0 saturated carbocycles. The molecule has 0 bridgehead atoms. The van der Waals surface area contributed by atoms with Crippen molar-refractivity contribution >= 4 is 21.8 Å². The number of hydrogen-bond acceptors (Lipinski definition) is 5. The average molecular weight is 467 g/mol. The predicted octanol–water partition coefficient (Wildman–Crippen LogP) is 1.18. The number of nitrogens with zero attached hydrogens (tertiary/aromatic N) is 1. The summed E-state index contributed by atoms with van der Waals surface area (Å²) in [7, 11) is -3.98. The van der Waals surface area contributed by atoms with E-state index in [1.165, 1.54) is 12.1 Å². The average Bonchev–Trinajstić information content (AvgIpc) is 2.79. The quantitative estimate of drug-likeness (QED) is 0.595. The highest BCUT2D eigenvalue weighted by atomic mass is 32.2. The Morgan fingerprint density at radius 2 is 1.56 bits per heavy atom. The molecule has 1 atom stereocenters. The maximum atomic E-state index is 13.1. The first-order valence-electron chi connectivity index (χ1n) is 9.97. The van der Waals surface area contributed by atoms with E-state index in [9.17, 15) is 26.8 Å². The van der Waals surface area contributed by atoms with Gasteiger partial charge in [-0.3, -0.25) is 9.59 Å². The molecule has 0 aliphatic carbocycles. The van der Waals surface area contributed by atoms with Gasteiger partial charge in [-0.2, -0.15) is 4.31 Å². The number of halogens is 2. The topological polar surface area (TPSA) is 105 Å². The number of carbonyl (C=O) groups is 2. The fraction of sp³-hybridized carbons (Fsp3) is 0.333. The van der Waals surface area contributed by atoms with Gasteiger partial charge in [-0.05, 0) is 54.8 Å².